The molecular weight excluding hydrogens is 482 g/mol. The van der Waals surface area contributed by atoms with Crippen LogP contribution in [0.4, 0.5) is 31.7 Å². The highest BCUT2D eigenvalue weighted by Gasteiger charge is 2.27. The third kappa shape index (κ3) is 6.11. The molecular formula is C23H19ClF2N6O3. The van der Waals surface area contributed by atoms with E-state index in [0.29, 0.717) is 42.4 Å². The molecule has 0 bridgehead atoms. The smallest absolute Gasteiger partial charge is 0.420 e. The normalized spacial score (nSPS) is 15.4. The molecule has 3 heterocycles. The molecule has 180 valence electrons. The van der Waals surface area contributed by atoms with Crippen molar-refractivity contribution in [3.8, 4) is 11.8 Å². The Bertz CT molecular complexity index is 1260. The van der Waals surface area contributed by atoms with Gasteiger partial charge in [-0.1, -0.05) is 0 Å². The van der Waals surface area contributed by atoms with E-state index in [-0.39, 0.29) is 17.0 Å². The number of pyridine rings is 2. The van der Waals surface area contributed by atoms with Crippen molar-refractivity contribution in [1.82, 2.24) is 9.97 Å². The van der Waals surface area contributed by atoms with Crippen molar-refractivity contribution in [2.45, 2.75) is 18.1 Å². The zero-order chi connectivity index (χ0) is 25.0. The Morgan fingerprint density at radius 3 is 2.69 bits per heavy atom. The summed E-state index contributed by atoms with van der Waals surface area (Å²) in [5.41, 5.74) is -2.26. The topological polar surface area (TPSA) is 123 Å². The number of carbonyl (C=O) groups excluding carboxylic acids is 1. The number of nitriles is 1. The maximum Gasteiger partial charge on any atom is 0.487 e. The van der Waals surface area contributed by atoms with Gasteiger partial charge in [-0.3, -0.25) is 4.79 Å². The number of aromatic nitrogens is 2. The van der Waals surface area contributed by atoms with Gasteiger partial charge in [0.1, 0.15) is 11.8 Å². The number of rotatable bonds is 7. The second kappa shape index (κ2) is 10.1. The lowest BCUT2D eigenvalue weighted by molar-refractivity contribution is -0.0964. The number of carbonyl (C=O) groups is 1. The largest absolute Gasteiger partial charge is 0.487 e. The molecule has 1 aliphatic heterocycles. The summed E-state index contributed by atoms with van der Waals surface area (Å²) in [4.78, 5) is 23.2. The van der Waals surface area contributed by atoms with Crippen molar-refractivity contribution in [2.24, 2.45) is 0 Å². The van der Waals surface area contributed by atoms with Crippen LogP contribution in [0.1, 0.15) is 22.5 Å². The number of hydrogen-bond donors (Lipinski definition) is 3. The summed E-state index contributed by atoms with van der Waals surface area (Å²) in [7, 11) is 0. The van der Waals surface area contributed by atoms with Crippen LogP contribution in [0.3, 0.4) is 0 Å². The van der Waals surface area contributed by atoms with E-state index in [2.05, 4.69) is 25.3 Å². The van der Waals surface area contributed by atoms with Gasteiger partial charge in [-0.2, -0.15) is 5.26 Å². The van der Waals surface area contributed by atoms with Crippen LogP contribution in [-0.2, 0) is 0 Å². The number of aliphatic hydroxyl groups excluding tert-OH is 1. The van der Waals surface area contributed by atoms with Gasteiger partial charge >= 0.3 is 5.57 Å². The average Bonchev–Trinajstić information content (AvgIpc) is 3.25. The van der Waals surface area contributed by atoms with Gasteiger partial charge in [0.15, 0.2) is 11.5 Å². The van der Waals surface area contributed by atoms with Crippen LogP contribution in [0, 0.1) is 11.3 Å². The summed E-state index contributed by atoms with van der Waals surface area (Å²) in [6.45, 7) is 0.948. The van der Waals surface area contributed by atoms with E-state index in [0.717, 1.165) is 0 Å². The Hall–Kier alpha value is -4.01. The van der Waals surface area contributed by atoms with E-state index in [1.807, 2.05) is 11.0 Å². The lowest BCUT2D eigenvalue weighted by atomic mass is 10.2. The van der Waals surface area contributed by atoms with Gasteiger partial charge in [-0.05, 0) is 48.9 Å². The van der Waals surface area contributed by atoms with Gasteiger partial charge in [0.2, 0.25) is 0 Å². The van der Waals surface area contributed by atoms with Crippen LogP contribution in [-0.4, -0.2) is 45.7 Å². The van der Waals surface area contributed by atoms with Crippen LogP contribution >= 0.6 is 11.6 Å². The molecule has 1 aromatic carbocycles. The molecule has 9 nitrogen and oxygen atoms in total. The predicted molar refractivity (Wildman–Crippen MR) is 125 cm³/mol. The molecule has 1 fully saturated rings. The Morgan fingerprint density at radius 1 is 1.26 bits per heavy atom. The number of nitrogens with one attached hydrogen (secondary N) is 2. The highest BCUT2D eigenvalue weighted by molar-refractivity contribution is 6.20. The lowest BCUT2D eigenvalue weighted by Crippen LogP contribution is -2.24. The Labute approximate surface area is 203 Å². The van der Waals surface area contributed by atoms with Gasteiger partial charge in [0.25, 0.3) is 5.91 Å². The van der Waals surface area contributed by atoms with Crippen molar-refractivity contribution in [1.29, 1.82) is 5.26 Å². The van der Waals surface area contributed by atoms with Gasteiger partial charge in [-0.15, -0.1) is 8.78 Å². The van der Waals surface area contributed by atoms with E-state index in [1.165, 1.54) is 36.7 Å². The van der Waals surface area contributed by atoms with Crippen molar-refractivity contribution < 1.29 is 23.4 Å². The molecule has 1 atom stereocenters. The minimum atomic E-state index is -3.84. The first kappa shape index (κ1) is 24.1. The third-order valence-electron chi connectivity index (χ3n) is 5.12. The van der Waals surface area contributed by atoms with Gasteiger partial charge in [0.05, 0.1) is 23.0 Å². The summed E-state index contributed by atoms with van der Waals surface area (Å²) in [5.74, 6) is -0.163. The number of amides is 1. The van der Waals surface area contributed by atoms with Crippen LogP contribution in [0.2, 0.25) is 0 Å². The Balaban J connectivity index is 1.58. The maximum absolute atomic E-state index is 12.9. The summed E-state index contributed by atoms with van der Waals surface area (Å²) in [5, 5.41) is 25.1. The molecule has 12 heteroatoms. The van der Waals surface area contributed by atoms with Crippen LogP contribution in [0.5, 0.6) is 5.75 Å². The fourth-order valence-electron chi connectivity index (χ4n) is 3.54. The molecule has 3 N–H and O–H groups in total. The second-order valence-electron chi connectivity index (χ2n) is 7.65. The molecule has 35 heavy (non-hydrogen) atoms. The molecule has 0 radical (unpaired) electrons. The van der Waals surface area contributed by atoms with E-state index in [1.54, 1.807) is 18.2 Å². The number of ether oxygens (including phenoxy) is 1. The second-order valence-corrected chi connectivity index (χ2v) is 8.09. The number of aliphatic hydroxyl groups is 1. The molecule has 4 rings (SSSR count). The maximum atomic E-state index is 12.9. The number of nitrogens with zero attached hydrogens (tertiary/aromatic N) is 4. The quantitative estimate of drug-likeness (QED) is 0.415. The van der Waals surface area contributed by atoms with Gasteiger partial charge in [-0.25, -0.2) is 9.97 Å². The van der Waals surface area contributed by atoms with E-state index >= 15 is 0 Å². The number of hydrogen-bond acceptors (Lipinski definition) is 8. The predicted octanol–water partition coefficient (Wildman–Crippen LogP) is 4.08. The SMILES string of the molecule is N#Cc1ncccc1Nc1cc(C(=O)Nc2ccc(OC(F)(F)Cl)cc2)cnc1N1CC[C@@H](O)C1. The number of β-amino-alcohol motifs (C(OH)–C–C–N with tert-alkyl or cyclic N) is 1. The summed E-state index contributed by atoms with van der Waals surface area (Å²) in [6.07, 6.45) is 2.97. The molecule has 2 aromatic heterocycles. The molecule has 1 aliphatic rings. The van der Waals surface area contributed by atoms with E-state index in [9.17, 15) is 23.9 Å². The average molecular weight is 501 g/mol. The first-order chi connectivity index (χ1) is 16.7. The monoisotopic (exact) mass is 500 g/mol. The molecule has 0 unspecified atom stereocenters. The highest BCUT2D eigenvalue weighted by atomic mass is 35.5. The number of halogens is 3. The number of benzene rings is 1. The fourth-order valence-corrected chi connectivity index (χ4v) is 3.63. The number of alkyl halides is 3. The van der Waals surface area contributed by atoms with Crippen LogP contribution < -0.4 is 20.3 Å². The van der Waals surface area contributed by atoms with Gasteiger partial charge < -0.3 is 25.4 Å². The van der Waals surface area contributed by atoms with Crippen LogP contribution in [0.25, 0.3) is 0 Å². The first-order valence-corrected chi connectivity index (χ1v) is 10.8. The molecule has 3 aromatic rings. The number of anilines is 4. The summed E-state index contributed by atoms with van der Waals surface area (Å²) >= 11 is 4.75. The lowest BCUT2D eigenvalue weighted by Gasteiger charge is -2.21. The van der Waals surface area contributed by atoms with Crippen molar-refractivity contribution >= 4 is 40.4 Å². The van der Waals surface area contributed by atoms with Crippen molar-refractivity contribution in [3.05, 3.63) is 66.1 Å². The molecule has 1 saturated heterocycles. The van der Waals surface area contributed by atoms with Crippen LogP contribution in [0.15, 0.2) is 54.9 Å². The molecule has 0 aliphatic carbocycles. The minimum Gasteiger partial charge on any atom is -0.420 e. The third-order valence-corrected chi connectivity index (χ3v) is 5.20. The summed E-state index contributed by atoms with van der Waals surface area (Å²) < 4.78 is 29.8. The van der Waals surface area contributed by atoms with Crippen molar-refractivity contribution in [2.75, 3.05) is 28.6 Å². The highest BCUT2D eigenvalue weighted by Crippen LogP contribution is 2.31. The van der Waals surface area contributed by atoms with E-state index < -0.39 is 17.6 Å². The van der Waals surface area contributed by atoms with E-state index in [4.69, 9.17) is 11.6 Å². The Morgan fingerprint density at radius 2 is 2.03 bits per heavy atom. The molecule has 0 spiro atoms. The zero-order valence-corrected chi connectivity index (χ0v) is 18.8. The summed E-state index contributed by atoms with van der Waals surface area (Å²) in [6, 6.07) is 12.2. The Kier molecular flexibility index (Phi) is 6.95. The standard InChI is InChI=1S/C23H19ClF2N6O3/c24-23(25,26)35-17-5-3-15(4-6-17)30-22(34)14-10-19(31-18-2-1-8-28-20(18)11-27)21(29-12-14)32-9-7-16(33)13-32/h1-6,8,10,12,16,31,33H,7,9,13H2,(H,30,34)/t16-/m1/s1. The zero-order valence-electron chi connectivity index (χ0n) is 18.1. The molecule has 1 amide bonds. The minimum absolute atomic E-state index is 0.166. The van der Waals surface area contributed by atoms with Crippen molar-refractivity contribution in [3.63, 3.8) is 0 Å². The molecule has 0 saturated carbocycles. The first-order valence-electron chi connectivity index (χ1n) is 10.4. The fraction of sp³-hybridized carbons (Fsp3) is 0.217. The van der Waals surface area contributed by atoms with Gasteiger partial charge in [0, 0.05) is 42.8 Å².